The van der Waals surface area contributed by atoms with Gasteiger partial charge in [0.1, 0.15) is 0 Å². The summed E-state index contributed by atoms with van der Waals surface area (Å²) in [6.07, 6.45) is 0.553. The van der Waals surface area contributed by atoms with E-state index in [1.807, 2.05) is 30.0 Å². The molecule has 1 rings (SSSR count). The van der Waals surface area contributed by atoms with Gasteiger partial charge >= 0.3 is 0 Å². The fourth-order valence-electron chi connectivity index (χ4n) is 1.93. The van der Waals surface area contributed by atoms with E-state index in [-0.39, 0.29) is 5.91 Å². The van der Waals surface area contributed by atoms with Crippen molar-refractivity contribution in [3.63, 3.8) is 0 Å². The van der Waals surface area contributed by atoms with Crippen LogP contribution in [0.4, 0.5) is 0 Å². The maximum Gasteiger partial charge on any atom is 0.255 e. The lowest BCUT2D eigenvalue weighted by Crippen LogP contribution is -2.36. The van der Waals surface area contributed by atoms with E-state index in [0.717, 1.165) is 10.0 Å². The van der Waals surface area contributed by atoms with Gasteiger partial charge in [-0.1, -0.05) is 32.1 Å². The topological polar surface area (TPSA) is 46.3 Å². The summed E-state index contributed by atoms with van der Waals surface area (Å²) in [4.78, 5) is 14.9. The Kier molecular flexibility index (Phi) is 6.62. The van der Waals surface area contributed by atoms with Gasteiger partial charge in [0.05, 0.1) is 10.6 Å². The molecule has 1 aromatic carbocycles. The maximum absolute atomic E-state index is 12.6. The van der Waals surface area contributed by atoms with E-state index >= 15 is 0 Å². The Labute approximate surface area is 134 Å². The molecule has 0 atom stereocenters. The standard InChI is InChI=1S/C15H21BrN2OS/c1-10(2)9-18(7-6-14(17)20)15(19)12-5-4-11(3)8-13(12)16/h4-5,8,10H,6-7,9H2,1-3H3,(H2,17,20). The van der Waals surface area contributed by atoms with Crippen LogP contribution in [0.15, 0.2) is 22.7 Å². The van der Waals surface area contributed by atoms with Crippen molar-refractivity contribution in [1.82, 2.24) is 4.90 Å². The second-order valence-corrected chi connectivity index (χ2v) is 6.72. The summed E-state index contributed by atoms with van der Waals surface area (Å²) in [6, 6.07) is 5.75. The van der Waals surface area contributed by atoms with Crippen molar-refractivity contribution < 1.29 is 4.79 Å². The molecule has 3 nitrogen and oxygen atoms in total. The number of hydrogen-bond acceptors (Lipinski definition) is 2. The molecule has 110 valence electrons. The van der Waals surface area contributed by atoms with Crippen LogP contribution in [0.2, 0.25) is 0 Å². The van der Waals surface area contributed by atoms with Crippen LogP contribution in [0.25, 0.3) is 0 Å². The number of nitrogens with zero attached hydrogens (tertiary/aromatic N) is 1. The van der Waals surface area contributed by atoms with Crippen molar-refractivity contribution in [2.24, 2.45) is 11.7 Å². The zero-order chi connectivity index (χ0) is 15.3. The highest BCUT2D eigenvalue weighted by molar-refractivity contribution is 9.10. The fraction of sp³-hybridized carbons (Fsp3) is 0.467. The monoisotopic (exact) mass is 356 g/mol. The highest BCUT2D eigenvalue weighted by Gasteiger charge is 2.19. The van der Waals surface area contributed by atoms with Crippen LogP contribution in [0, 0.1) is 12.8 Å². The maximum atomic E-state index is 12.6. The van der Waals surface area contributed by atoms with Gasteiger partial charge in [-0.15, -0.1) is 0 Å². The Morgan fingerprint density at radius 3 is 2.60 bits per heavy atom. The number of halogens is 1. The van der Waals surface area contributed by atoms with Gasteiger partial charge in [-0.2, -0.15) is 0 Å². The molecule has 0 spiro atoms. The number of thiocarbonyl (C=S) groups is 1. The van der Waals surface area contributed by atoms with Crippen molar-refractivity contribution in [2.45, 2.75) is 27.2 Å². The van der Waals surface area contributed by atoms with Crippen molar-refractivity contribution in [3.8, 4) is 0 Å². The molecule has 0 aromatic heterocycles. The summed E-state index contributed by atoms with van der Waals surface area (Å²) in [5.74, 6) is 0.413. The van der Waals surface area contributed by atoms with Crippen molar-refractivity contribution >= 4 is 39.0 Å². The zero-order valence-electron chi connectivity index (χ0n) is 12.1. The Bertz CT molecular complexity index is 503. The number of hydrogen-bond donors (Lipinski definition) is 1. The van der Waals surface area contributed by atoms with Crippen LogP contribution in [-0.2, 0) is 0 Å². The van der Waals surface area contributed by atoms with Gasteiger partial charge in [0.2, 0.25) is 0 Å². The third kappa shape index (κ3) is 5.21. The number of aryl methyl sites for hydroxylation is 1. The molecule has 0 heterocycles. The molecule has 0 bridgehead atoms. The second kappa shape index (κ2) is 7.74. The lowest BCUT2D eigenvalue weighted by molar-refractivity contribution is 0.0740. The summed E-state index contributed by atoms with van der Waals surface area (Å²) in [7, 11) is 0. The molecule has 0 saturated carbocycles. The van der Waals surface area contributed by atoms with Gasteiger partial charge in [-0.05, 0) is 46.5 Å². The van der Waals surface area contributed by atoms with Gasteiger partial charge in [-0.25, -0.2) is 0 Å². The van der Waals surface area contributed by atoms with Crippen molar-refractivity contribution in [2.75, 3.05) is 13.1 Å². The van der Waals surface area contributed by atoms with Crippen LogP contribution in [0.1, 0.15) is 36.2 Å². The Balaban J connectivity index is 2.93. The summed E-state index contributed by atoms with van der Waals surface area (Å²) < 4.78 is 0.826. The molecule has 1 amide bonds. The Morgan fingerprint density at radius 1 is 1.45 bits per heavy atom. The summed E-state index contributed by atoms with van der Waals surface area (Å²) in [5.41, 5.74) is 7.34. The van der Waals surface area contributed by atoms with Crippen LogP contribution in [0.5, 0.6) is 0 Å². The number of rotatable bonds is 6. The molecule has 5 heteroatoms. The molecule has 0 saturated heterocycles. The predicted molar refractivity (Wildman–Crippen MR) is 91.0 cm³/mol. The Morgan fingerprint density at radius 2 is 2.10 bits per heavy atom. The van der Waals surface area contributed by atoms with Gasteiger partial charge in [0.25, 0.3) is 5.91 Å². The zero-order valence-corrected chi connectivity index (χ0v) is 14.6. The summed E-state index contributed by atoms with van der Waals surface area (Å²) >= 11 is 8.37. The number of amides is 1. The lowest BCUT2D eigenvalue weighted by Gasteiger charge is -2.25. The predicted octanol–water partition coefficient (Wildman–Crippen LogP) is 3.53. The molecule has 0 aliphatic carbocycles. The summed E-state index contributed by atoms with van der Waals surface area (Å²) in [5, 5.41) is 0. The van der Waals surface area contributed by atoms with E-state index in [0.29, 0.717) is 36.0 Å². The average Bonchev–Trinajstić information content (AvgIpc) is 2.33. The smallest absolute Gasteiger partial charge is 0.255 e. The van der Waals surface area contributed by atoms with Crippen LogP contribution in [0.3, 0.4) is 0 Å². The van der Waals surface area contributed by atoms with E-state index in [4.69, 9.17) is 18.0 Å². The fourth-order valence-corrected chi connectivity index (χ4v) is 2.68. The van der Waals surface area contributed by atoms with Crippen LogP contribution >= 0.6 is 28.1 Å². The molecule has 0 aliphatic heterocycles. The molecule has 0 fully saturated rings. The van der Waals surface area contributed by atoms with E-state index < -0.39 is 0 Å². The van der Waals surface area contributed by atoms with Crippen molar-refractivity contribution in [1.29, 1.82) is 0 Å². The first kappa shape index (κ1) is 17.1. The summed E-state index contributed by atoms with van der Waals surface area (Å²) in [6.45, 7) is 7.43. The quantitative estimate of drug-likeness (QED) is 0.793. The molecule has 0 unspecified atom stereocenters. The van der Waals surface area contributed by atoms with Gasteiger partial charge < -0.3 is 10.6 Å². The first-order chi connectivity index (χ1) is 9.31. The molecule has 20 heavy (non-hydrogen) atoms. The second-order valence-electron chi connectivity index (χ2n) is 5.34. The highest BCUT2D eigenvalue weighted by Crippen LogP contribution is 2.20. The molecule has 1 aromatic rings. The minimum absolute atomic E-state index is 0.0156. The molecular formula is C15H21BrN2OS. The molecule has 0 aliphatic rings. The number of benzene rings is 1. The normalized spacial score (nSPS) is 10.7. The third-order valence-corrected chi connectivity index (χ3v) is 3.72. The first-order valence-corrected chi connectivity index (χ1v) is 7.85. The van der Waals surface area contributed by atoms with E-state index in [1.54, 1.807) is 0 Å². The van der Waals surface area contributed by atoms with Gasteiger partial charge in [-0.3, -0.25) is 4.79 Å². The van der Waals surface area contributed by atoms with E-state index in [1.165, 1.54) is 0 Å². The van der Waals surface area contributed by atoms with Crippen LogP contribution in [-0.4, -0.2) is 28.9 Å². The first-order valence-electron chi connectivity index (χ1n) is 6.65. The minimum atomic E-state index is 0.0156. The van der Waals surface area contributed by atoms with E-state index in [2.05, 4.69) is 29.8 Å². The number of carbonyl (C=O) groups is 1. The highest BCUT2D eigenvalue weighted by atomic mass is 79.9. The minimum Gasteiger partial charge on any atom is -0.393 e. The van der Waals surface area contributed by atoms with Gasteiger partial charge in [0, 0.05) is 24.0 Å². The number of nitrogens with two attached hydrogens (primary N) is 1. The largest absolute Gasteiger partial charge is 0.393 e. The van der Waals surface area contributed by atoms with Crippen LogP contribution < -0.4 is 5.73 Å². The van der Waals surface area contributed by atoms with Crippen molar-refractivity contribution in [3.05, 3.63) is 33.8 Å². The van der Waals surface area contributed by atoms with Gasteiger partial charge in [0.15, 0.2) is 0 Å². The molecule has 0 radical (unpaired) electrons. The average molecular weight is 357 g/mol. The molecule has 2 N–H and O–H groups in total. The van der Waals surface area contributed by atoms with E-state index in [9.17, 15) is 4.79 Å². The SMILES string of the molecule is Cc1ccc(C(=O)N(CCC(N)=S)CC(C)C)c(Br)c1. The Hall–Kier alpha value is -0.940. The molecular weight excluding hydrogens is 336 g/mol. The third-order valence-electron chi connectivity index (χ3n) is 2.86. The lowest BCUT2D eigenvalue weighted by atomic mass is 10.1. The number of carbonyl (C=O) groups excluding carboxylic acids is 1.